The van der Waals surface area contributed by atoms with Crippen LogP contribution in [0.1, 0.15) is 39.5 Å². The second-order valence-corrected chi connectivity index (χ2v) is 5.43. The van der Waals surface area contributed by atoms with E-state index in [0.29, 0.717) is 12.4 Å². The number of nitrogen functional groups attached to an aromatic ring is 1. The molecule has 1 aromatic heterocycles. The number of nitrogens with zero attached hydrogens (tertiary/aromatic N) is 2. The summed E-state index contributed by atoms with van der Waals surface area (Å²) in [6.07, 6.45) is 3.73. The van der Waals surface area contributed by atoms with Gasteiger partial charge in [-0.25, -0.2) is 4.98 Å². The van der Waals surface area contributed by atoms with E-state index in [9.17, 15) is 10.1 Å². The Labute approximate surface area is 124 Å². The molecule has 0 amide bonds. The number of pyridine rings is 1. The predicted octanol–water partition coefficient (Wildman–Crippen LogP) is 2.72. The van der Waals surface area contributed by atoms with E-state index >= 15 is 0 Å². The first-order valence-corrected chi connectivity index (χ1v) is 7.31. The molecule has 1 fully saturated rings. The third-order valence-corrected chi connectivity index (χ3v) is 4.23. The van der Waals surface area contributed by atoms with Crippen LogP contribution in [0.4, 0.5) is 17.3 Å². The molecular weight excluding hydrogens is 272 g/mol. The average molecular weight is 294 g/mol. The van der Waals surface area contributed by atoms with Crippen LogP contribution in [0.25, 0.3) is 0 Å². The van der Waals surface area contributed by atoms with E-state index in [4.69, 9.17) is 10.5 Å². The van der Waals surface area contributed by atoms with Crippen molar-refractivity contribution in [1.29, 1.82) is 0 Å². The lowest BCUT2D eigenvalue weighted by molar-refractivity contribution is -0.384. The third-order valence-electron chi connectivity index (χ3n) is 4.23. The van der Waals surface area contributed by atoms with Crippen molar-refractivity contribution < 1.29 is 9.66 Å². The van der Waals surface area contributed by atoms with Crippen molar-refractivity contribution in [1.82, 2.24) is 4.98 Å². The summed E-state index contributed by atoms with van der Waals surface area (Å²) in [4.78, 5) is 14.3. The maximum Gasteiger partial charge on any atom is 0.311 e. The summed E-state index contributed by atoms with van der Waals surface area (Å²) in [6.45, 7) is 4.98. The van der Waals surface area contributed by atoms with Gasteiger partial charge in [-0.15, -0.1) is 0 Å². The van der Waals surface area contributed by atoms with Crippen LogP contribution in [0.5, 0.6) is 0 Å². The van der Waals surface area contributed by atoms with Crippen molar-refractivity contribution in [2.75, 3.05) is 17.7 Å². The summed E-state index contributed by atoms with van der Waals surface area (Å²) < 4.78 is 5.93. The zero-order chi connectivity index (χ0) is 15.5. The fraction of sp³-hybridized carbons (Fsp3) is 0.643. The van der Waals surface area contributed by atoms with Gasteiger partial charge in [-0.2, -0.15) is 0 Å². The Hall–Kier alpha value is -1.89. The number of nitrogens with two attached hydrogens (primary N) is 1. The normalized spacial score (nSPS) is 21.0. The number of ether oxygens (including phenoxy) is 1. The molecule has 1 aromatic rings. The topological polar surface area (TPSA) is 103 Å². The number of rotatable bonds is 5. The molecule has 1 aliphatic rings. The first-order chi connectivity index (χ1) is 9.99. The Morgan fingerprint density at radius 2 is 2.24 bits per heavy atom. The summed E-state index contributed by atoms with van der Waals surface area (Å²) in [5.74, 6) is 0.514. The number of nitro groups is 1. The molecule has 1 unspecified atom stereocenters. The van der Waals surface area contributed by atoms with E-state index in [1.165, 1.54) is 6.07 Å². The molecule has 116 valence electrons. The molecule has 3 N–H and O–H groups in total. The SMILES string of the molecule is CCC1(CC)CC(Nc2ccc([N+](=O)[O-])c(N)n2)CCO1. The molecule has 0 spiro atoms. The van der Waals surface area contributed by atoms with Gasteiger partial charge in [0.05, 0.1) is 10.5 Å². The molecule has 1 atom stereocenters. The standard InChI is InChI=1S/C14H22N4O3/c1-3-14(4-2)9-10(7-8-21-14)16-12-6-5-11(18(19)20)13(15)17-12/h5-6,10H,3-4,7-9H2,1-2H3,(H3,15,16,17). The summed E-state index contributed by atoms with van der Waals surface area (Å²) in [5.41, 5.74) is 5.37. The number of anilines is 2. The molecule has 7 heteroatoms. The quantitative estimate of drug-likeness (QED) is 0.639. The monoisotopic (exact) mass is 294 g/mol. The van der Waals surface area contributed by atoms with Gasteiger partial charge in [0, 0.05) is 18.7 Å². The number of nitrogens with one attached hydrogen (secondary N) is 1. The Kier molecular flexibility index (Phi) is 4.62. The van der Waals surface area contributed by atoms with Crippen molar-refractivity contribution in [3.8, 4) is 0 Å². The average Bonchev–Trinajstić information content (AvgIpc) is 2.47. The van der Waals surface area contributed by atoms with Crippen LogP contribution >= 0.6 is 0 Å². The van der Waals surface area contributed by atoms with Gasteiger partial charge in [0.15, 0.2) is 0 Å². The Bertz CT molecular complexity index is 517. The molecular formula is C14H22N4O3. The maximum absolute atomic E-state index is 10.7. The van der Waals surface area contributed by atoms with E-state index < -0.39 is 4.92 Å². The van der Waals surface area contributed by atoms with Crippen molar-refractivity contribution >= 4 is 17.3 Å². The van der Waals surface area contributed by atoms with E-state index in [1.54, 1.807) is 6.07 Å². The van der Waals surface area contributed by atoms with Gasteiger partial charge in [0.1, 0.15) is 5.82 Å². The molecule has 7 nitrogen and oxygen atoms in total. The Morgan fingerprint density at radius 1 is 1.52 bits per heavy atom. The summed E-state index contributed by atoms with van der Waals surface area (Å²) in [6, 6.07) is 3.23. The van der Waals surface area contributed by atoms with Crippen LogP contribution in [0.15, 0.2) is 12.1 Å². The molecule has 21 heavy (non-hydrogen) atoms. The molecule has 1 aliphatic heterocycles. The van der Waals surface area contributed by atoms with Gasteiger partial charge in [-0.05, 0) is 31.7 Å². The van der Waals surface area contributed by atoms with Gasteiger partial charge in [-0.1, -0.05) is 13.8 Å². The fourth-order valence-corrected chi connectivity index (χ4v) is 2.81. The van der Waals surface area contributed by atoms with Crippen molar-refractivity contribution in [3.63, 3.8) is 0 Å². The lowest BCUT2D eigenvalue weighted by atomic mass is 9.86. The smallest absolute Gasteiger partial charge is 0.311 e. The van der Waals surface area contributed by atoms with E-state index in [1.807, 2.05) is 0 Å². The minimum atomic E-state index is -0.528. The maximum atomic E-state index is 10.7. The molecule has 0 bridgehead atoms. The van der Waals surface area contributed by atoms with Gasteiger partial charge >= 0.3 is 5.69 Å². The Balaban J connectivity index is 2.08. The lowest BCUT2D eigenvalue weighted by Crippen LogP contribution is -2.43. The van der Waals surface area contributed by atoms with E-state index in [0.717, 1.165) is 25.7 Å². The highest BCUT2D eigenvalue weighted by atomic mass is 16.6. The van der Waals surface area contributed by atoms with Crippen molar-refractivity contribution in [3.05, 3.63) is 22.2 Å². The van der Waals surface area contributed by atoms with Crippen LogP contribution in [0.3, 0.4) is 0 Å². The largest absolute Gasteiger partial charge is 0.378 e. The first kappa shape index (κ1) is 15.5. The number of hydrogen-bond acceptors (Lipinski definition) is 6. The van der Waals surface area contributed by atoms with Crippen molar-refractivity contribution in [2.45, 2.75) is 51.2 Å². The fourth-order valence-electron chi connectivity index (χ4n) is 2.81. The molecule has 2 heterocycles. The minimum Gasteiger partial charge on any atom is -0.378 e. The van der Waals surface area contributed by atoms with Crippen LogP contribution in [-0.2, 0) is 4.74 Å². The second kappa shape index (κ2) is 6.26. The molecule has 1 saturated heterocycles. The van der Waals surface area contributed by atoms with Crippen LogP contribution in [-0.4, -0.2) is 28.2 Å². The Morgan fingerprint density at radius 3 is 2.81 bits per heavy atom. The van der Waals surface area contributed by atoms with Crippen LogP contribution in [0.2, 0.25) is 0 Å². The minimum absolute atomic E-state index is 0.0608. The van der Waals surface area contributed by atoms with Crippen LogP contribution < -0.4 is 11.1 Å². The van der Waals surface area contributed by atoms with Crippen molar-refractivity contribution in [2.24, 2.45) is 0 Å². The van der Waals surface area contributed by atoms with Gasteiger partial charge in [-0.3, -0.25) is 10.1 Å². The molecule has 0 saturated carbocycles. The number of hydrogen-bond donors (Lipinski definition) is 2. The zero-order valence-electron chi connectivity index (χ0n) is 12.5. The van der Waals surface area contributed by atoms with E-state index in [2.05, 4.69) is 24.1 Å². The second-order valence-electron chi connectivity index (χ2n) is 5.43. The summed E-state index contributed by atoms with van der Waals surface area (Å²) in [7, 11) is 0. The van der Waals surface area contributed by atoms with Gasteiger partial charge in [0.25, 0.3) is 0 Å². The molecule has 0 radical (unpaired) electrons. The first-order valence-electron chi connectivity index (χ1n) is 7.31. The molecule has 2 rings (SSSR count). The molecule has 0 aromatic carbocycles. The highest BCUT2D eigenvalue weighted by molar-refractivity contribution is 5.57. The predicted molar refractivity (Wildman–Crippen MR) is 81.2 cm³/mol. The van der Waals surface area contributed by atoms with Crippen LogP contribution in [0, 0.1) is 10.1 Å². The summed E-state index contributed by atoms with van der Waals surface area (Å²) >= 11 is 0. The highest BCUT2D eigenvalue weighted by Gasteiger charge is 2.34. The zero-order valence-corrected chi connectivity index (χ0v) is 12.5. The van der Waals surface area contributed by atoms with E-state index in [-0.39, 0.29) is 23.1 Å². The third kappa shape index (κ3) is 3.41. The lowest BCUT2D eigenvalue weighted by Gasteiger charge is -2.40. The molecule has 0 aliphatic carbocycles. The number of aromatic nitrogens is 1. The highest BCUT2D eigenvalue weighted by Crippen LogP contribution is 2.33. The van der Waals surface area contributed by atoms with Gasteiger partial charge < -0.3 is 15.8 Å². The van der Waals surface area contributed by atoms with Gasteiger partial charge in [0.2, 0.25) is 5.82 Å². The summed E-state index contributed by atoms with van der Waals surface area (Å²) in [5, 5.41) is 14.1.